The molecule has 0 saturated carbocycles. The molecule has 5 aromatic rings. The molecule has 0 fully saturated rings. The molecule has 0 aliphatic carbocycles. The number of thiazole rings is 1. The molecule has 17 heteroatoms. The van der Waals surface area contributed by atoms with Gasteiger partial charge in [0.1, 0.15) is 11.3 Å². The number of phenols is 1. The van der Waals surface area contributed by atoms with Crippen molar-refractivity contribution >= 4 is 33.5 Å². The monoisotopic (exact) mass is 753 g/mol. The van der Waals surface area contributed by atoms with E-state index < -0.39 is 30.4 Å². The zero-order chi connectivity index (χ0) is 38.5. The lowest BCUT2D eigenvalue weighted by Gasteiger charge is -2.14. The van der Waals surface area contributed by atoms with Gasteiger partial charge in [0.15, 0.2) is 0 Å². The number of rotatable bonds is 11. The average Bonchev–Trinajstić information content (AvgIpc) is 3.49. The Bertz CT molecular complexity index is 1960. The van der Waals surface area contributed by atoms with Crippen LogP contribution < -0.4 is 15.5 Å². The van der Waals surface area contributed by atoms with Crippen LogP contribution in [0.5, 0.6) is 5.75 Å². The van der Waals surface area contributed by atoms with Crippen LogP contribution in [0.3, 0.4) is 0 Å². The van der Waals surface area contributed by atoms with E-state index in [4.69, 9.17) is 19.8 Å². The molecule has 0 aliphatic heterocycles. The van der Waals surface area contributed by atoms with Gasteiger partial charge < -0.3 is 36.0 Å². The lowest BCUT2D eigenvalue weighted by atomic mass is 10.00. The van der Waals surface area contributed by atoms with Gasteiger partial charge in [-0.3, -0.25) is 4.79 Å². The van der Waals surface area contributed by atoms with E-state index in [0.29, 0.717) is 28.9 Å². The number of carboxylic acid groups (broad SMARTS) is 2. The van der Waals surface area contributed by atoms with Crippen LogP contribution in [0.25, 0.3) is 21.3 Å². The molecule has 0 aliphatic rings. The third kappa shape index (κ3) is 13.1. The Balaban J connectivity index is 0.000000441. The number of hydrogen-bond donors (Lipinski definition) is 7. The second-order valence-corrected chi connectivity index (χ2v) is 11.9. The summed E-state index contributed by atoms with van der Waals surface area (Å²) < 4.78 is 64.1. The maximum absolute atomic E-state index is 11.7. The molecule has 1 aromatic heterocycles. The minimum absolute atomic E-state index is 0.0103. The van der Waals surface area contributed by atoms with Crippen molar-refractivity contribution < 1.29 is 56.4 Å². The van der Waals surface area contributed by atoms with E-state index in [9.17, 15) is 41.4 Å². The first-order valence-electron chi connectivity index (χ1n) is 15.2. The normalized spacial score (nSPS) is 11.9. The standard InChI is InChI=1S/C31H31N3O3S.2C2HF3O2/c35-27-13-12-26(30-29(27)34-31(37)38-30)28(36)20-32-15-14-21-8-4-10-24(16-21)25-11-5-9-23(17-25)19-33-18-22-6-2-1-3-7-22;2*3-2(4,5)1(6)7/h1-13,16-17,28,32-33,35-36H,14-15,18-20H2,(H,34,37);2*(H,6,7)/t28-;;/m0../s1. The van der Waals surface area contributed by atoms with Gasteiger partial charge in [0.2, 0.25) is 0 Å². The highest BCUT2D eigenvalue weighted by molar-refractivity contribution is 7.16. The zero-order valence-corrected chi connectivity index (χ0v) is 27.8. The Morgan fingerprint density at radius 1 is 0.731 bits per heavy atom. The number of aromatic hydroxyl groups is 1. The summed E-state index contributed by atoms with van der Waals surface area (Å²) in [5.74, 6) is -5.50. The summed E-state index contributed by atoms with van der Waals surface area (Å²) in [6.45, 7) is 2.70. The van der Waals surface area contributed by atoms with E-state index >= 15 is 0 Å². The molecule has 7 N–H and O–H groups in total. The van der Waals surface area contributed by atoms with Crippen molar-refractivity contribution in [2.24, 2.45) is 0 Å². The highest BCUT2D eigenvalue weighted by Crippen LogP contribution is 2.31. The molecule has 10 nitrogen and oxygen atoms in total. The van der Waals surface area contributed by atoms with E-state index in [1.165, 1.54) is 33.9 Å². The molecule has 1 atom stereocenters. The Morgan fingerprint density at radius 3 is 1.83 bits per heavy atom. The Morgan fingerprint density at radius 2 is 1.25 bits per heavy atom. The van der Waals surface area contributed by atoms with Crippen molar-refractivity contribution in [2.75, 3.05) is 13.1 Å². The van der Waals surface area contributed by atoms with Gasteiger partial charge in [0.25, 0.3) is 0 Å². The number of carboxylic acids is 2. The molecular formula is C35H33F6N3O7S. The number of halogens is 6. The van der Waals surface area contributed by atoms with E-state index in [1.54, 1.807) is 6.07 Å². The van der Waals surface area contributed by atoms with Crippen molar-refractivity contribution in [3.05, 3.63) is 123 Å². The van der Waals surface area contributed by atoms with Gasteiger partial charge in [-0.25, -0.2) is 9.59 Å². The van der Waals surface area contributed by atoms with Gasteiger partial charge in [-0.2, -0.15) is 26.3 Å². The number of aliphatic hydroxyl groups is 1. The summed E-state index contributed by atoms with van der Waals surface area (Å²) in [5.41, 5.74) is 7.12. The Labute approximate surface area is 296 Å². The lowest BCUT2D eigenvalue weighted by molar-refractivity contribution is -0.193. The topological polar surface area (TPSA) is 172 Å². The molecule has 0 saturated heterocycles. The molecule has 278 valence electrons. The maximum Gasteiger partial charge on any atom is 0.490 e. The van der Waals surface area contributed by atoms with E-state index in [0.717, 1.165) is 30.8 Å². The zero-order valence-electron chi connectivity index (χ0n) is 27.0. The van der Waals surface area contributed by atoms with Crippen LogP contribution in [-0.2, 0) is 29.1 Å². The second kappa shape index (κ2) is 18.8. The highest BCUT2D eigenvalue weighted by Gasteiger charge is 2.38. The van der Waals surface area contributed by atoms with Crippen molar-refractivity contribution in [1.82, 2.24) is 15.6 Å². The maximum atomic E-state index is 11.7. The highest BCUT2D eigenvalue weighted by atomic mass is 32.1. The number of aromatic nitrogens is 1. The van der Waals surface area contributed by atoms with Crippen molar-refractivity contribution in [2.45, 2.75) is 38.0 Å². The fourth-order valence-electron chi connectivity index (χ4n) is 4.60. The van der Waals surface area contributed by atoms with Gasteiger partial charge in [-0.05, 0) is 52.9 Å². The molecular weight excluding hydrogens is 720 g/mol. The number of aliphatic carboxylic acids is 2. The molecule has 4 aromatic carbocycles. The van der Waals surface area contributed by atoms with E-state index in [2.05, 4.69) is 88.4 Å². The molecule has 5 rings (SSSR count). The van der Waals surface area contributed by atoms with Crippen molar-refractivity contribution in [3.8, 4) is 16.9 Å². The van der Waals surface area contributed by atoms with E-state index in [1.807, 2.05) is 6.07 Å². The fraction of sp³-hybridized carbons (Fsp3) is 0.229. The predicted molar refractivity (Wildman–Crippen MR) is 182 cm³/mol. The third-order valence-electron chi connectivity index (χ3n) is 7.05. The van der Waals surface area contributed by atoms with Gasteiger partial charge in [0, 0.05) is 25.2 Å². The summed E-state index contributed by atoms with van der Waals surface area (Å²) >= 11 is 0.998. The molecule has 0 spiro atoms. The first kappa shape index (κ1) is 41.2. The summed E-state index contributed by atoms with van der Waals surface area (Å²) in [6, 6.07) is 30.8. The summed E-state index contributed by atoms with van der Waals surface area (Å²) in [6.07, 6.45) is -10.1. The number of hydrogen-bond acceptors (Lipinski definition) is 8. The largest absolute Gasteiger partial charge is 0.506 e. The predicted octanol–water partition coefficient (Wildman–Crippen LogP) is 6.38. The number of carbonyl (C=O) groups is 2. The molecule has 1 heterocycles. The molecule has 0 radical (unpaired) electrons. The van der Waals surface area contributed by atoms with Gasteiger partial charge in [0.05, 0.1) is 10.8 Å². The summed E-state index contributed by atoms with van der Waals surface area (Å²) in [7, 11) is 0. The smallest absolute Gasteiger partial charge is 0.490 e. The van der Waals surface area contributed by atoms with Gasteiger partial charge in [-0.1, -0.05) is 90.2 Å². The molecule has 52 heavy (non-hydrogen) atoms. The third-order valence-corrected chi connectivity index (χ3v) is 7.98. The Hall–Kier alpha value is -5.23. The van der Waals surface area contributed by atoms with Crippen LogP contribution >= 0.6 is 11.3 Å². The second-order valence-electron chi connectivity index (χ2n) is 11.0. The quantitative estimate of drug-likeness (QED) is 0.0597. The fourth-order valence-corrected chi connectivity index (χ4v) is 5.52. The molecule has 0 unspecified atom stereocenters. The van der Waals surface area contributed by atoms with Crippen LogP contribution in [-0.4, -0.2) is 62.8 Å². The number of H-pyrrole nitrogens is 1. The minimum Gasteiger partial charge on any atom is -0.506 e. The lowest BCUT2D eigenvalue weighted by Crippen LogP contribution is -2.23. The SMILES string of the molecule is O=C(O)C(F)(F)F.O=C(O)C(F)(F)F.O=c1[nH]c2c(O)ccc([C@@H](O)CNCCc3cccc(-c4cccc(CNCc5ccccc5)c4)c3)c2s1. The minimum atomic E-state index is -5.08. The first-order chi connectivity index (χ1) is 24.5. The number of aliphatic hydroxyl groups excluding tert-OH is 1. The van der Waals surface area contributed by atoms with Crippen molar-refractivity contribution in [3.63, 3.8) is 0 Å². The number of benzene rings is 4. The molecule has 0 amide bonds. The average molecular weight is 754 g/mol. The van der Waals surface area contributed by atoms with Gasteiger partial charge in [-0.15, -0.1) is 0 Å². The van der Waals surface area contributed by atoms with Crippen LogP contribution in [0.15, 0.2) is 95.8 Å². The number of alkyl halides is 6. The van der Waals surface area contributed by atoms with E-state index in [-0.39, 0.29) is 10.6 Å². The summed E-state index contributed by atoms with van der Waals surface area (Å²) in [5, 5.41) is 41.8. The van der Waals surface area contributed by atoms with Crippen molar-refractivity contribution in [1.29, 1.82) is 0 Å². The summed E-state index contributed by atoms with van der Waals surface area (Å²) in [4.78, 5) is 31.9. The van der Waals surface area contributed by atoms with Crippen LogP contribution in [0.2, 0.25) is 0 Å². The van der Waals surface area contributed by atoms with Crippen LogP contribution in [0.4, 0.5) is 26.3 Å². The first-order valence-corrected chi connectivity index (χ1v) is 16.0. The van der Waals surface area contributed by atoms with Crippen LogP contribution in [0, 0.1) is 0 Å². The number of nitrogens with one attached hydrogen (secondary N) is 3. The molecule has 0 bridgehead atoms. The van der Waals surface area contributed by atoms with Crippen LogP contribution in [0.1, 0.15) is 28.4 Å². The number of phenolic OH excluding ortho intramolecular Hbond substituents is 1. The number of aromatic amines is 1. The Kier molecular flexibility index (Phi) is 14.9. The number of fused-ring (bicyclic) bond motifs is 1. The van der Waals surface area contributed by atoms with Gasteiger partial charge >= 0.3 is 29.2 Å².